The molecule has 1 aromatic heterocycles. The minimum absolute atomic E-state index is 0.0213. The molecule has 0 spiro atoms. The number of aromatic nitrogens is 3. The molecular formula is C36H36ClF3N8O4. The van der Waals surface area contributed by atoms with E-state index >= 15 is 0 Å². The number of carbonyl (C=O) groups excluding carboxylic acids is 3. The second-order valence-corrected chi connectivity index (χ2v) is 13.3. The lowest BCUT2D eigenvalue weighted by Crippen LogP contribution is -2.47. The summed E-state index contributed by atoms with van der Waals surface area (Å²) in [5.74, 6) is -1.74. The zero-order valence-electron chi connectivity index (χ0n) is 28.1. The van der Waals surface area contributed by atoms with E-state index in [-0.39, 0.29) is 23.7 Å². The number of rotatable bonds is 11. The average molecular weight is 737 g/mol. The monoisotopic (exact) mass is 736 g/mol. The molecular weight excluding hydrogens is 701 g/mol. The zero-order chi connectivity index (χ0) is 36.9. The number of piperidine rings is 1. The summed E-state index contributed by atoms with van der Waals surface area (Å²) in [6.07, 6.45) is -1.63. The number of benzene rings is 3. The van der Waals surface area contributed by atoms with E-state index in [0.717, 1.165) is 30.4 Å². The molecule has 2 fully saturated rings. The third kappa shape index (κ3) is 9.66. The lowest BCUT2D eigenvalue weighted by atomic mass is 9.97. The third-order valence-corrected chi connectivity index (χ3v) is 8.99. The molecule has 1 unspecified atom stereocenters. The highest BCUT2D eigenvalue weighted by Gasteiger charge is 2.45. The number of aryl methyl sites for hydroxylation is 1. The predicted molar refractivity (Wildman–Crippen MR) is 189 cm³/mol. The van der Waals surface area contributed by atoms with Crippen LogP contribution in [0.5, 0.6) is 6.01 Å². The van der Waals surface area contributed by atoms with Crippen LogP contribution in [-0.4, -0.2) is 70.0 Å². The zero-order valence-corrected chi connectivity index (χ0v) is 28.9. The summed E-state index contributed by atoms with van der Waals surface area (Å²) in [6.45, 7) is 1.44. The van der Waals surface area contributed by atoms with E-state index in [0.29, 0.717) is 48.0 Å². The van der Waals surface area contributed by atoms with Crippen molar-refractivity contribution in [3.8, 4) is 6.01 Å². The quantitative estimate of drug-likeness (QED) is 0.132. The van der Waals surface area contributed by atoms with Crippen LogP contribution in [0.3, 0.4) is 0 Å². The second-order valence-electron chi connectivity index (χ2n) is 12.9. The van der Waals surface area contributed by atoms with E-state index in [1.165, 1.54) is 4.90 Å². The molecule has 1 saturated carbocycles. The molecule has 3 amide bonds. The van der Waals surface area contributed by atoms with Crippen molar-refractivity contribution in [1.29, 1.82) is 0 Å². The molecule has 3 aromatic carbocycles. The number of ether oxygens (including phenoxy) is 1. The number of anilines is 4. The van der Waals surface area contributed by atoms with Gasteiger partial charge >= 0.3 is 24.0 Å². The van der Waals surface area contributed by atoms with Crippen molar-refractivity contribution in [1.82, 2.24) is 25.2 Å². The largest absolute Gasteiger partial charge is 0.454 e. The molecule has 0 radical (unpaired) electrons. The highest BCUT2D eigenvalue weighted by molar-refractivity contribution is 6.39. The standard InChI is InChI=1S/C36H36ClF3N8O4/c1-22-4-12-27(13-5-22)42-30(50)31(51)48-18-2-3-23(20-48)19-41-29(49)24-6-14-28(15-7-24)43-32-44-33(46-34(45-32)52-21-36(38,39)40)47-35(16-17-35)25-8-10-26(37)11-9-25/h4-15,23H,2-3,16-21H2,1H3,(H,41,49)(H,42,50)(H2,43,44,45,46,47). The fraction of sp³-hybridized carbons (Fsp3) is 0.333. The van der Waals surface area contributed by atoms with E-state index in [2.05, 4.69) is 36.2 Å². The third-order valence-electron chi connectivity index (χ3n) is 8.74. The van der Waals surface area contributed by atoms with E-state index < -0.39 is 36.1 Å². The van der Waals surface area contributed by atoms with Crippen LogP contribution in [0.25, 0.3) is 0 Å². The van der Waals surface area contributed by atoms with E-state index in [1.54, 1.807) is 48.5 Å². The Morgan fingerprint density at radius 1 is 0.923 bits per heavy atom. The summed E-state index contributed by atoms with van der Waals surface area (Å²) in [5, 5.41) is 12.3. The normalized spacial score (nSPS) is 16.4. The van der Waals surface area contributed by atoms with Crippen LogP contribution >= 0.6 is 11.6 Å². The first-order valence-corrected chi connectivity index (χ1v) is 17.0. The van der Waals surface area contributed by atoms with Gasteiger partial charge in [-0.2, -0.15) is 28.1 Å². The number of halogens is 4. The summed E-state index contributed by atoms with van der Waals surface area (Å²) in [4.78, 5) is 52.4. The first-order chi connectivity index (χ1) is 24.8. The van der Waals surface area contributed by atoms with Crippen LogP contribution in [0.1, 0.15) is 47.2 Å². The van der Waals surface area contributed by atoms with Crippen LogP contribution in [0.4, 0.5) is 36.4 Å². The van der Waals surface area contributed by atoms with Gasteiger partial charge in [-0.25, -0.2) is 0 Å². The number of amides is 3. The minimum atomic E-state index is -4.60. The molecule has 6 rings (SSSR count). The Hall–Kier alpha value is -5.44. The maximum atomic E-state index is 13.0. The van der Waals surface area contributed by atoms with Crippen LogP contribution in [0.15, 0.2) is 72.8 Å². The summed E-state index contributed by atoms with van der Waals surface area (Å²) in [6, 6.07) is 20.2. The molecule has 1 atom stereocenters. The number of hydrogen-bond acceptors (Lipinski definition) is 9. The molecule has 12 nitrogen and oxygen atoms in total. The van der Waals surface area contributed by atoms with Crippen molar-refractivity contribution in [3.63, 3.8) is 0 Å². The Kier molecular flexibility index (Phi) is 10.8. The van der Waals surface area contributed by atoms with Gasteiger partial charge in [0.25, 0.3) is 5.91 Å². The summed E-state index contributed by atoms with van der Waals surface area (Å²) < 4.78 is 43.7. The van der Waals surface area contributed by atoms with Gasteiger partial charge in [-0.05, 0) is 92.6 Å². The highest BCUT2D eigenvalue weighted by atomic mass is 35.5. The van der Waals surface area contributed by atoms with Gasteiger partial charge in [0, 0.05) is 41.6 Å². The Bertz CT molecular complexity index is 1910. The Labute approximate surface area is 302 Å². The average Bonchev–Trinajstić information content (AvgIpc) is 3.91. The Morgan fingerprint density at radius 3 is 2.27 bits per heavy atom. The van der Waals surface area contributed by atoms with Crippen LogP contribution in [0.2, 0.25) is 5.02 Å². The number of carbonyl (C=O) groups is 3. The number of alkyl halides is 3. The first-order valence-electron chi connectivity index (χ1n) is 16.7. The van der Waals surface area contributed by atoms with Gasteiger partial charge in [0.1, 0.15) is 0 Å². The molecule has 1 aliphatic carbocycles. The van der Waals surface area contributed by atoms with E-state index in [1.807, 2.05) is 31.2 Å². The number of hydrogen-bond donors (Lipinski definition) is 4. The topological polar surface area (TPSA) is 150 Å². The van der Waals surface area contributed by atoms with Gasteiger partial charge in [0.2, 0.25) is 11.9 Å². The van der Waals surface area contributed by atoms with Gasteiger partial charge in [-0.15, -0.1) is 0 Å². The fourth-order valence-corrected chi connectivity index (χ4v) is 5.95. The van der Waals surface area contributed by atoms with Crippen molar-refractivity contribution in [3.05, 3.63) is 94.5 Å². The lowest BCUT2D eigenvalue weighted by Gasteiger charge is -2.32. The summed E-state index contributed by atoms with van der Waals surface area (Å²) >= 11 is 6.04. The highest BCUT2D eigenvalue weighted by Crippen LogP contribution is 2.48. The first kappa shape index (κ1) is 36.4. The summed E-state index contributed by atoms with van der Waals surface area (Å²) in [7, 11) is 0. The van der Waals surface area contributed by atoms with Crippen molar-refractivity contribution < 1.29 is 32.3 Å². The van der Waals surface area contributed by atoms with Gasteiger partial charge in [-0.1, -0.05) is 41.4 Å². The lowest BCUT2D eigenvalue weighted by molar-refractivity contribution is -0.154. The number of nitrogens with zero attached hydrogens (tertiary/aromatic N) is 4. The van der Waals surface area contributed by atoms with Gasteiger partial charge in [0.05, 0.1) is 5.54 Å². The van der Waals surface area contributed by atoms with E-state index in [4.69, 9.17) is 16.3 Å². The van der Waals surface area contributed by atoms with Crippen molar-refractivity contribution in [2.45, 2.75) is 44.3 Å². The Morgan fingerprint density at radius 2 is 1.60 bits per heavy atom. The van der Waals surface area contributed by atoms with E-state index in [9.17, 15) is 27.6 Å². The molecule has 16 heteroatoms. The number of likely N-dealkylation sites (tertiary alicyclic amines) is 1. The van der Waals surface area contributed by atoms with Crippen LogP contribution in [-0.2, 0) is 15.1 Å². The maximum Gasteiger partial charge on any atom is 0.422 e. The van der Waals surface area contributed by atoms with Gasteiger partial charge < -0.3 is 30.9 Å². The molecule has 1 saturated heterocycles. The molecule has 52 heavy (non-hydrogen) atoms. The maximum absolute atomic E-state index is 13.0. The van der Waals surface area contributed by atoms with Crippen molar-refractivity contribution in [2.75, 3.05) is 42.2 Å². The fourth-order valence-electron chi connectivity index (χ4n) is 5.83. The van der Waals surface area contributed by atoms with Crippen LogP contribution < -0.4 is 26.0 Å². The predicted octanol–water partition coefficient (Wildman–Crippen LogP) is 6.23. The molecule has 4 N–H and O–H groups in total. The minimum Gasteiger partial charge on any atom is -0.454 e. The van der Waals surface area contributed by atoms with Crippen molar-refractivity contribution in [2.24, 2.45) is 5.92 Å². The second kappa shape index (κ2) is 15.4. The molecule has 4 aromatic rings. The van der Waals surface area contributed by atoms with Crippen molar-refractivity contribution >= 4 is 52.6 Å². The Balaban J connectivity index is 1.05. The molecule has 2 aliphatic rings. The van der Waals surface area contributed by atoms with Gasteiger partial charge in [0.15, 0.2) is 6.61 Å². The smallest absolute Gasteiger partial charge is 0.422 e. The summed E-state index contributed by atoms with van der Waals surface area (Å²) in [5.41, 5.74) is 2.80. The molecule has 2 heterocycles. The van der Waals surface area contributed by atoms with Gasteiger partial charge in [-0.3, -0.25) is 14.4 Å². The molecule has 1 aliphatic heterocycles. The molecule has 272 valence electrons. The molecule has 0 bridgehead atoms. The SMILES string of the molecule is Cc1ccc(NC(=O)C(=O)N2CCCC(CNC(=O)c3ccc(Nc4nc(NC5(c6ccc(Cl)cc6)CC5)nc(OCC(F)(F)F)n4)cc3)C2)cc1. The van der Waals surface area contributed by atoms with Crippen LogP contribution in [0, 0.1) is 12.8 Å². The number of nitrogens with one attached hydrogen (secondary N) is 4.